The maximum Gasteiger partial charge on any atom is 0.00437 e. The smallest absolute Gasteiger partial charge is 0.00437 e. The van der Waals surface area contributed by atoms with Gasteiger partial charge in [-0.1, -0.05) is 34.1 Å². The Hall–Kier alpha value is -0.0400. The molecule has 0 bridgehead atoms. The molecule has 0 unspecified atom stereocenters. The molecule has 0 aliphatic carbocycles. The molecule has 0 aromatic carbocycles. The van der Waals surface area contributed by atoms with E-state index in [1.54, 1.807) is 0 Å². The molecule has 0 aliphatic rings. The van der Waals surface area contributed by atoms with Gasteiger partial charge in [0.25, 0.3) is 0 Å². The van der Waals surface area contributed by atoms with Gasteiger partial charge < -0.3 is 5.73 Å². The Labute approximate surface area is 65.0 Å². The molecule has 0 saturated carbocycles. The molecule has 62 valence electrons. The van der Waals surface area contributed by atoms with Crippen molar-refractivity contribution in [2.24, 2.45) is 11.1 Å². The third kappa shape index (κ3) is 6.09. The van der Waals surface area contributed by atoms with E-state index < -0.39 is 0 Å². The average Bonchev–Trinajstić information content (AvgIpc) is 1.59. The molecule has 0 aromatic heterocycles. The molecule has 0 amide bonds. The third-order valence-corrected chi connectivity index (χ3v) is 1.53. The molecule has 1 nitrogen and oxygen atoms in total. The molecular weight excluding hydrogens is 122 g/mol. The molecule has 0 aliphatic heterocycles. The van der Waals surface area contributed by atoms with Crippen molar-refractivity contribution in [1.29, 1.82) is 0 Å². The lowest BCUT2D eigenvalue weighted by Crippen LogP contribution is -2.25. The molecule has 0 aromatic rings. The molecule has 2 N–H and O–H groups in total. The summed E-state index contributed by atoms with van der Waals surface area (Å²) in [5, 5.41) is 0. The van der Waals surface area contributed by atoms with Crippen LogP contribution in [0.25, 0.3) is 0 Å². The predicted octanol–water partition coefficient (Wildman–Crippen LogP) is 2.55. The van der Waals surface area contributed by atoms with E-state index in [4.69, 9.17) is 5.73 Å². The quantitative estimate of drug-likeness (QED) is 0.645. The van der Waals surface area contributed by atoms with Crippen molar-refractivity contribution in [2.45, 2.75) is 53.0 Å². The summed E-state index contributed by atoms with van der Waals surface area (Å²) in [4.78, 5) is 0. The minimum Gasteiger partial charge on any atom is -0.328 e. The highest BCUT2D eigenvalue weighted by atomic mass is 14.6. The molecule has 0 rings (SSSR count). The molecule has 10 heavy (non-hydrogen) atoms. The Kier molecular flexibility index (Phi) is 3.95. The van der Waals surface area contributed by atoms with Crippen LogP contribution >= 0.6 is 0 Å². The van der Waals surface area contributed by atoms with Crippen molar-refractivity contribution in [3.63, 3.8) is 0 Å². The summed E-state index contributed by atoms with van der Waals surface area (Å²) in [7, 11) is 0. The summed E-state index contributed by atoms with van der Waals surface area (Å²) in [6.45, 7) is 8.90. The number of nitrogens with two attached hydrogens (primary N) is 1. The Morgan fingerprint density at radius 3 is 2.10 bits per heavy atom. The lowest BCUT2D eigenvalue weighted by molar-refractivity contribution is 0.330. The van der Waals surface area contributed by atoms with Crippen LogP contribution in [-0.4, -0.2) is 6.04 Å². The van der Waals surface area contributed by atoms with Crippen molar-refractivity contribution in [2.75, 3.05) is 0 Å². The van der Waals surface area contributed by atoms with Crippen LogP contribution in [0.2, 0.25) is 0 Å². The highest BCUT2D eigenvalue weighted by Gasteiger charge is 2.14. The van der Waals surface area contributed by atoms with Gasteiger partial charge in [-0.15, -0.1) is 0 Å². The Morgan fingerprint density at radius 2 is 1.80 bits per heavy atom. The molecule has 0 spiro atoms. The van der Waals surface area contributed by atoms with E-state index in [9.17, 15) is 0 Å². The maximum absolute atomic E-state index is 5.87. The van der Waals surface area contributed by atoms with Gasteiger partial charge in [0.2, 0.25) is 0 Å². The summed E-state index contributed by atoms with van der Waals surface area (Å²) in [6, 6.07) is 0.407. The predicted molar refractivity (Wildman–Crippen MR) is 47.0 cm³/mol. The normalized spacial score (nSPS) is 15.3. The van der Waals surface area contributed by atoms with Crippen LogP contribution in [0.3, 0.4) is 0 Å². The monoisotopic (exact) mass is 143 g/mol. The van der Waals surface area contributed by atoms with Gasteiger partial charge in [-0.2, -0.15) is 0 Å². The lowest BCUT2D eigenvalue weighted by Gasteiger charge is -2.22. The molecule has 0 saturated heterocycles. The van der Waals surface area contributed by atoms with Gasteiger partial charge in [0.1, 0.15) is 0 Å². The zero-order chi connectivity index (χ0) is 8.20. The summed E-state index contributed by atoms with van der Waals surface area (Å²) in [5.74, 6) is 0. The van der Waals surface area contributed by atoms with Gasteiger partial charge in [-0.3, -0.25) is 0 Å². The number of hydrogen-bond acceptors (Lipinski definition) is 1. The Bertz CT molecular complexity index is 81.2. The minimum absolute atomic E-state index is 0.397. The molecule has 0 heterocycles. The fraction of sp³-hybridized carbons (Fsp3) is 1.00. The molecule has 1 atom stereocenters. The van der Waals surface area contributed by atoms with Crippen LogP contribution in [0.5, 0.6) is 0 Å². The van der Waals surface area contributed by atoms with Crippen LogP contribution in [0.1, 0.15) is 47.0 Å². The van der Waals surface area contributed by atoms with E-state index in [2.05, 4.69) is 27.7 Å². The van der Waals surface area contributed by atoms with Crippen molar-refractivity contribution < 1.29 is 0 Å². The standard InChI is InChI=1S/C9H21N/c1-5-6-8(10)7-9(2,3)4/h8H,5-7,10H2,1-4H3/t8-/m1/s1. The Balaban J connectivity index is 3.47. The van der Waals surface area contributed by atoms with E-state index in [1.165, 1.54) is 6.42 Å². The van der Waals surface area contributed by atoms with Crippen molar-refractivity contribution in [3.8, 4) is 0 Å². The van der Waals surface area contributed by atoms with Gasteiger partial charge >= 0.3 is 0 Å². The number of hydrogen-bond donors (Lipinski definition) is 1. The minimum atomic E-state index is 0.397. The molecular formula is C9H21N. The second-order valence-electron chi connectivity index (χ2n) is 4.31. The zero-order valence-electron chi connectivity index (χ0n) is 7.78. The highest BCUT2D eigenvalue weighted by molar-refractivity contribution is 4.70. The molecule has 0 radical (unpaired) electrons. The van der Waals surface area contributed by atoms with Crippen molar-refractivity contribution in [1.82, 2.24) is 0 Å². The van der Waals surface area contributed by atoms with Crippen LogP contribution in [0, 0.1) is 5.41 Å². The average molecular weight is 143 g/mol. The van der Waals surface area contributed by atoms with Crippen molar-refractivity contribution >= 4 is 0 Å². The summed E-state index contributed by atoms with van der Waals surface area (Å²) in [5.41, 5.74) is 6.27. The Morgan fingerprint density at radius 1 is 1.30 bits per heavy atom. The second-order valence-corrected chi connectivity index (χ2v) is 4.31. The molecule has 1 heteroatoms. The van der Waals surface area contributed by atoms with Gasteiger partial charge in [0, 0.05) is 6.04 Å². The fourth-order valence-electron chi connectivity index (χ4n) is 1.26. The van der Waals surface area contributed by atoms with Gasteiger partial charge in [0.15, 0.2) is 0 Å². The summed E-state index contributed by atoms with van der Waals surface area (Å²) in [6.07, 6.45) is 3.51. The number of rotatable bonds is 3. The van der Waals surface area contributed by atoms with E-state index in [0.717, 1.165) is 12.8 Å². The summed E-state index contributed by atoms with van der Waals surface area (Å²) < 4.78 is 0. The fourth-order valence-corrected chi connectivity index (χ4v) is 1.26. The van der Waals surface area contributed by atoms with Crippen LogP contribution in [0.15, 0.2) is 0 Å². The first-order valence-corrected chi connectivity index (χ1v) is 4.21. The SMILES string of the molecule is CCC[C@@H](N)CC(C)(C)C. The van der Waals surface area contributed by atoms with Crippen molar-refractivity contribution in [3.05, 3.63) is 0 Å². The first-order chi connectivity index (χ1) is 4.45. The lowest BCUT2D eigenvalue weighted by atomic mass is 9.87. The van der Waals surface area contributed by atoms with E-state index in [-0.39, 0.29) is 0 Å². The van der Waals surface area contributed by atoms with Gasteiger partial charge in [0.05, 0.1) is 0 Å². The first kappa shape index (κ1) is 9.96. The second kappa shape index (κ2) is 3.97. The highest BCUT2D eigenvalue weighted by Crippen LogP contribution is 2.21. The van der Waals surface area contributed by atoms with Crippen LogP contribution < -0.4 is 5.73 Å². The molecule has 0 fully saturated rings. The van der Waals surface area contributed by atoms with Gasteiger partial charge in [-0.25, -0.2) is 0 Å². The van der Waals surface area contributed by atoms with Gasteiger partial charge in [-0.05, 0) is 18.3 Å². The van der Waals surface area contributed by atoms with E-state index in [1.807, 2.05) is 0 Å². The maximum atomic E-state index is 5.87. The van der Waals surface area contributed by atoms with Crippen LogP contribution in [0.4, 0.5) is 0 Å². The van der Waals surface area contributed by atoms with E-state index in [0.29, 0.717) is 11.5 Å². The topological polar surface area (TPSA) is 26.0 Å². The van der Waals surface area contributed by atoms with Crippen LogP contribution in [-0.2, 0) is 0 Å². The largest absolute Gasteiger partial charge is 0.328 e. The zero-order valence-corrected chi connectivity index (χ0v) is 7.78. The van der Waals surface area contributed by atoms with E-state index >= 15 is 0 Å². The summed E-state index contributed by atoms with van der Waals surface area (Å²) >= 11 is 0. The third-order valence-electron chi connectivity index (χ3n) is 1.53. The first-order valence-electron chi connectivity index (χ1n) is 4.21.